The molecule has 4 heteroatoms. The molecule has 23 heavy (non-hydrogen) atoms. The highest BCUT2D eigenvalue weighted by Gasteiger charge is 2.26. The van der Waals surface area contributed by atoms with E-state index in [0.29, 0.717) is 12.6 Å². The molecule has 1 saturated carbocycles. The van der Waals surface area contributed by atoms with E-state index >= 15 is 0 Å². The molecule has 120 valence electrons. The molecule has 0 bridgehead atoms. The Morgan fingerprint density at radius 2 is 2.04 bits per heavy atom. The van der Waals surface area contributed by atoms with Crippen molar-refractivity contribution in [3.05, 3.63) is 65.0 Å². The van der Waals surface area contributed by atoms with Gasteiger partial charge in [0.05, 0.1) is 6.61 Å². The summed E-state index contributed by atoms with van der Waals surface area (Å²) in [7, 11) is 0. The second kappa shape index (κ2) is 6.84. The molecule has 0 atom stereocenters. The Kier molecular flexibility index (Phi) is 4.63. The van der Waals surface area contributed by atoms with Crippen LogP contribution in [0.3, 0.4) is 0 Å². The van der Waals surface area contributed by atoms with E-state index in [1.165, 1.54) is 30.3 Å². The lowest BCUT2D eigenvalue weighted by atomic mass is 10.2. The third-order valence-electron chi connectivity index (χ3n) is 4.10. The zero-order valence-electron chi connectivity index (χ0n) is 13.6. The van der Waals surface area contributed by atoms with Crippen molar-refractivity contribution in [2.45, 2.75) is 39.3 Å². The van der Waals surface area contributed by atoms with Crippen LogP contribution in [0.5, 0.6) is 0 Å². The van der Waals surface area contributed by atoms with Crippen LogP contribution in [0.15, 0.2) is 42.5 Å². The minimum absolute atomic E-state index is 0.253. The molecule has 2 aromatic rings. The van der Waals surface area contributed by atoms with Gasteiger partial charge in [0.2, 0.25) is 0 Å². The van der Waals surface area contributed by atoms with E-state index in [1.807, 2.05) is 36.4 Å². The molecular formula is C19H22N2O2. The first-order chi connectivity index (χ1) is 11.1. The Labute approximate surface area is 136 Å². The molecule has 1 aromatic carbocycles. The van der Waals surface area contributed by atoms with E-state index in [2.05, 4.69) is 30.0 Å². The van der Waals surface area contributed by atoms with Crippen LogP contribution in [-0.2, 0) is 16.2 Å². The highest BCUT2D eigenvalue weighted by Crippen LogP contribution is 2.38. The average Bonchev–Trinajstić information content (AvgIpc) is 3.33. The number of nitrogens with one attached hydrogen (secondary N) is 1. The van der Waals surface area contributed by atoms with Crippen molar-refractivity contribution >= 4 is 12.0 Å². The van der Waals surface area contributed by atoms with Gasteiger partial charge < -0.3 is 4.57 Å². The molecule has 1 aliphatic rings. The maximum Gasteiger partial charge on any atom is 0.267 e. The number of benzene rings is 1. The van der Waals surface area contributed by atoms with Gasteiger partial charge in [-0.15, -0.1) is 0 Å². The topological polar surface area (TPSA) is 43.3 Å². The van der Waals surface area contributed by atoms with Crippen molar-refractivity contribution in [2.75, 3.05) is 0 Å². The summed E-state index contributed by atoms with van der Waals surface area (Å²) in [5.41, 5.74) is 7.03. The molecule has 0 radical (unpaired) electrons. The maximum absolute atomic E-state index is 11.8. The van der Waals surface area contributed by atoms with Crippen molar-refractivity contribution in [3.8, 4) is 0 Å². The fourth-order valence-electron chi connectivity index (χ4n) is 2.83. The van der Waals surface area contributed by atoms with Crippen LogP contribution in [0.25, 0.3) is 6.08 Å². The number of carbonyl (C=O) groups is 1. The first kappa shape index (κ1) is 15.6. The Balaban J connectivity index is 1.53. The molecule has 1 amide bonds. The number of rotatable bonds is 6. The lowest BCUT2D eigenvalue weighted by Crippen LogP contribution is -2.21. The number of aryl methyl sites for hydroxylation is 1. The third kappa shape index (κ3) is 3.90. The second-order valence-electron chi connectivity index (χ2n) is 6.00. The zero-order valence-corrected chi connectivity index (χ0v) is 13.6. The van der Waals surface area contributed by atoms with Gasteiger partial charge in [-0.25, -0.2) is 5.48 Å². The number of amides is 1. The average molecular weight is 310 g/mol. The SMILES string of the molecule is Cc1cc(/C=C/C(=O)NOCc2ccccc2)c(C)n1C1CC1. The summed E-state index contributed by atoms with van der Waals surface area (Å²) in [6.07, 6.45) is 5.88. The largest absolute Gasteiger partial charge is 0.346 e. The van der Waals surface area contributed by atoms with E-state index in [1.54, 1.807) is 0 Å². The fourth-order valence-corrected chi connectivity index (χ4v) is 2.83. The van der Waals surface area contributed by atoms with Crippen LogP contribution in [0, 0.1) is 13.8 Å². The highest BCUT2D eigenvalue weighted by atomic mass is 16.6. The molecule has 1 fully saturated rings. The molecule has 1 heterocycles. The number of hydroxylamine groups is 1. The van der Waals surface area contributed by atoms with Gasteiger partial charge in [0.1, 0.15) is 0 Å². The van der Waals surface area contributed by atoms with Gasteiger partial charge in [0, 0.05) is 23.5 Å². The molecular weight excluding hydrogens is 288 g/mol. The summed E-state index contributed by atoms with van der Waals surface area (Å²) in [6.45, 7) is 4.58. The van der Waals surface area contributed by atoms with Gasteiger partial charge in [0.25, 0.3) is 5.91 Å². The predicted molar refractivity (Wildman–Crippen MR) is 90.6 cm³/mol. The Hall–Kier alpha value is -2.33. The molecule has 1 N–H and O–H groups in total. The van der Waals surface area contributed by atoms with Crippen molar-refractivity contribution in [1.29, 1.82) is 0 Å². The van der Waals surface area contributed by atoms with Gasteiger partial charge in [-0.05, 0) is 50.0 Å². The van der Waals surface area contributed by atoms with Gasteiger partial charge >= 0.3 is 0 Å². The van der Waals surface area contributed by atoms with Crippen LogP contribution in [0.1, 0.15) is 41.4 Å². The quantitative estimate of drug-likeness (QED) is 0.653. The van der Waals surface area contributed by atoms with Crippen LogP contribution in [0.2, 0.25) is 0 Å². The normalized spacial score (nSPS) is 14.3. The Bertz CT molecular complexity index is 712. The first-order valence-corrected chi connectivity index (χ1v) is 7.97. The van der Waals surface area contributed by atoms with Crippen LogP contribution in [0.4, 0.5) is 0 Å². The van der Waals surface area contributed by atoms with Gasteiger partial charge in [-0.3, -0.25) is 9.63 Å². The summed E-state index contributed by atoms with van der Waals surface area (Å²) in [5.74, 6) is -0.253. The van der Waals surface area contributed by atoms with E-state index in [4.69, 9.17) is 4.84 Å². The molecule has 0 spiro atoms. The molecule has 3 rings (SSSR count). The third-order valence-corrected chi connectivity index (χ3v) is 4.10. The zero-order chi connectivity index (χ0) is 16.2. The van der Waals surface area contributed by atoms with E-state index in [0.717, 1.165) is 11.1 Å². The summed E-state index contributed by atoms with van der Waals surface area (Å²) in [6, 6.07) is 12.5. The number of hydrogen-bond acceptors (Lipinski definition) is 2. The Morgan fingerprint density at radius 1 is 1.30 bits per heavy atom. The van der Waals surface area contributed by atoms with Gasteiger partial charge in [-0.1, -0.05) is 30.3 Å². The number of hydrogen-bond donors (Lipinski definition) is 1. The summed E-state index contributed by atoms with van der Waals surface area (Å²) < 4.78 is 2.36. The van der Waals surface area contributed by atoms with Gasteiger partial charge in [0.15, 0.2) is 0 Å². The molecule has 1 aliphatic carbocycles. The van der Waals surface area contributed by atoms with Crippen molar-refractivity contribution < 1.29 is 9.63 Å². The summed E-state index contributed by atoms with van der Waals surface area (Å²) in [5, 5.41) is 0. The van der Waals surface area contributed by atoms with Crippen LogP contribution < -0.4 is 5.48 Å². The predicted octanol–water partition coefficient (Wildman–Crippen LogP) is 3.70. The minimum Gasteiger partial charge on any atom is -0.346 e. The molecule has 1 aromatic heterocycles. The standard InChI is InChI=1S/C19H22N2O2/c1-14-12-17(15(2)21(14)18-9-10-18)8-11-19(22)20-23-13-16-6-4-3-5-7-16/h3-8,11-12,18H,9-10,13H2,1-2H3,(H,20,22)/b11-8+. The van der Waals surface area contributed by atoms with Crippen LogP contribution >= 0.6 is 0 Å². The van der Waals surface area contributed by atoms with E-state index in [-0.39, 0.29) is 5.91 Å². The second-order valence-corrected chi connectivity index (χ2v) is 6.00. The number of aromatic nitrogens is 1. The summed E-state index contributed by atoms with van der Waals surface area (Å²) >= 11 is 0. The molecule has 4 nitrogen and oxygen atoms in total. The summed E-state index contributed by atoms with van der Waals surface area (Å²) in [4.78, 5) is 17.0. The smallest absolute Gasteiger partial charge is 0.267 e. The Morgan fingerprint density at radius 3 is 2.74 bits per heavy atom. The minimum atomic E-state index is -0.253. The van der Waals surface area contributed by atoms with E-state index < -0.39 is 0 Å². The molecule has 0 aliphatic heterocycles. The maximum atomic E-state index is 11.8. The van der Waals surface area contributed by atoms with Crippen molar-refractivity contribution in [3.63, 3.8) is 0 Å². The lowest BCUT2D eigenvalue weighted by molar-refractivity contribution is -0.129. The molecule has 0 saturated heterocycles. The van der Waals surface area contributed by atoms with Gasteiger partial charge in [-0.2, -0.15) is 0 Å². The van der Waals surface area contributed by atoms with Crippen molar-refractivity contribution in [2.24, 2.45) is 0 Å². The monoisotopic (exact) mass is 310 g/mol. The first-order valence-electron chi connectivity index (χ1n) is 7.97. The number of carbonyl (C=O) groups excluding carboxylic acids is 1. The lowest BCUT2D eigenvalue weighted by Gasteiger charge is -2.06. The van der Waals surface area contributed by atoms with E-state index in [9.17, 15) is 4.79 Å². The number of nitrogens with zero attached hydrogens (tertiary/aromatic N) is 1. The fraction of sp³-hybridized carbons (Fsp3) is 0.316. The highest BCUT2D eigenvalue weighted by molar-refractivity contribution is 5.91. The van der Waals surface area contributed by atoms with Crippen molar-refractivity contribution in [1.82, 2.24) is 10.0 Å². The molecule has 0 unspecified atom stereocenters. The van der Waals surface area contributed by atoms with Crippen LogP contribution in [-0.4, -0.2) is 10.5 Å².